The highest BCUT2D eigenvalue weighted by Gasteiger charge is 2.05. The van der Waals surface area contributed by atoms with E-state index >= 15 is 0 Å². The molecule has 4 heteroatoms. The molecule has 0 radical (unpaired) electrons. The third-order valence-corrected chi connectivity index (χ3v) is 3.38. The second kappa shape index (κ2) is 4.06. The van der Waals surface area contributed by atoms with E-state index in [9.17, 15) is 4.79 Å². The van der Waals surface area contributed by atoms with E-state index in [4.69, 9.17) is 0 Å². The first-order valence-corrected chi connectivity index (χ1v) is 6.37. The van der Waals surface area contributed by atoms with Gasteiger partial charge in [-0.15, -0.1) is 0 Å². The predicted octanol–water partition coefficient (Wildman–Crippen LogP) is 2.84. The number of fused-ring (bicyclic) bond motifs is 2. The third kappa shape index (κ3) is 1.70. The molecule has 3 aromatic heterocycles. The highest BCUT2D eigenvalue weighted by Crippen LogP contribution is 2.22. The zero-order chi connectivity index (χ0) is 13.5. The van der Waals surface area contributed by atoms with E-state index in [-0.39, 0.29) is 5.56 Å². The van der Waals surface area contributed by atoms with Crippen LogP contribution in [0.2, 0.25) is 0 Å². The standard InChI is InChI=1S/C16H11N3O/c20-16-7-5-11-9-12(4-6-13(11)18-16)14-10-19-8-2-1-3-15(19)17-14/h1-10H,(H,18,20). The molecule has 0 saturated heterocycles. The second-order valence-corrected chi connectivity index (χ2v) is 4.72. The average Bonchev–Trinajstić information content (AvgIpc) is 2.90. The SMILES string of the molecule is O=c1ccc2cc(-c3cn4ccccc4n3)ccc2[nH]1. The monoisotopic (exact) mass is 261 g/mol. The molecule has 4 nitrogen and oxygen atoms in total. The van der Waals surface area contributed by atoms with Crippen LogP contribution in [-0.2, 0) is 0 Å². The van der Waals surface area contributed by atoms with Crippen LogP contribution in [0.5, 0.6) is 0 Å². The smallest absolute Gasteiger partial charge is 0.248 e. The van der Waals surface area contributed by atoms with Gasteiger partial charge in [-0.05, 0) is 35.7 Å². The number of benzene rings is 1. The van der Waals surface area contributed by atoms with E-state index in [0.717, 1.165) is 27.8 Å². The lowest BCUT2D eigenvalue weighted by Gasteiger charge is -2.00. The van der Waals surface area contributed by atoms with Gasteiger partial charge in [0.05, 0.1) is 5.69 Å². The van der Waals surface area contributed by atoms with Gasteiger partial charge in [-0.2, -0.15) is 0 Å². The van der Waals surface area contributed by atoms with E-state index in [2.05, 4.69) is 9.97 Å². The summed E-state index contributed by atoms with van der Waals surface area (Å²) < 4.78 is 1.99. The zero-order valence-corrected chi connectivity index (χ0v) is 10.6. The lowest BCUT2D eigenvalue weighted by Crippen LogP contribution is -2.01. The molecule has 0 aliphatic rings. The fourth-order valence-corrected chi connectivity index (χ4v) is 2.39. The van der Waals surface area contributed by atoms with E-state index in [1.807, 2.05) is 59.3 Å². The Hall–Kier alpha value is -2.88. The summed E-state index contributed by atoms with van der Waals surface area (Å²) in [6.07, 6.45) is 3.98. The summed E-state index contributed by atoms with van der Waals surface area (Å²) in [7, 11) is 0. The van der Waals surface area contributed by atoms with Crippen LogP contribution in [0.4, 0.5) is 0 Å². The Kier molecular flexibility index (Phi) is 2.23. The van der Waals surface area contributed by atoms with Crippen molar-refractivity contribution >= 4 is 16.6 Å². The fraction of sp³-hybridized carbons (Fsp3) is 0. The molecule has 0 spiro atoms. The van der Waals surface area contributed by atoms with E-state index in [1.165, 1.54) is 6.07 Å². The van der Waals surface area contributed by atoms with Gasteiger partial charge in [-0.25, -0.2) is 4.98 Å². The quantitative estimate of drug-likeness (QED) is 0.573. The minimum absolute atomic E-state index is 0.0852. The van der Waals surface area contributed by atoms with Crippen LogP contribution in [0.1, 0.15) is 0 Å². The minimum Gasteiger partial charge on any atom is -0.322 e. The number of pyridine rings is 2. The summed E-state index contributed by atoms with van der Waals surface area (Å²) in [4.78, 5) is 18.7. The van der Waals surface area contributed by atoms with Crippen molar-refractivity contribution in [2.24, 2.45) is 0 Å². The molecular formula is C16H11N3O. The Morgan fingerprint density at radius 2 is 2.00 bits per heavy atom. The average molecular weight is 261 g/mol. The van der Waals surface area contributed by atoms with Crippen molar-refractivity contribution in [2.75, 3.05) is 0 Å². The molecule has 1 N–H and O–H groups in total. The summed E-state index contributed by atoms with van der Waals surface area (Å²) in [5.41, 5.74) is 3.63. The minimum atomic E-state index is -0.0852. The van der Waals surface area contributed by atoms with Crippen LogP contribution in [0.15, 0.2) is 65.7 Å². The number of H-pyrrole nitrogens is 1. The summed E-state index contributed by atoms with van der Waals surface area (Å²) in [6, 6.07) is 15.2. The van der Waals surface area contributed by atoms with Crippen LogP contribution >= 0.6 is 0 Å². The maximum absolute atomic E-state index is 11.3. The molecular weight excluding hydrogens is 250 g/mol. The van der Waals surface area contributed by atoms with Crippen molar-refractivity contribution in [2.45, 2.75) is 0 Å². The molecule has 20 heavy (non-hydrogen) atoms. The molecule has 0 bridgehead atoms. The van der Waals surface area contributed by atoms with E-state index < -0.39 is 0 Å². The van der Waals surface area contributed by atoms with Crippen LogP contribution < -0.4 is 5.56 Å². The Morgan fingerprint density at radius 1 is 1.05 bits per heavy atom. The van der Waals surface area contributed by atoms with Gasteiger partial charge < -0.3 is 9.38 Å². The van der Waals surface area contributed by atoms with Gasteiger partial charge in [0.2, 0.25) is 5.56 Å². The maximum Gasteiger partial charge on any atom is 0.248 e. The Balaban J connectivity index is 1.92. The number of rotatable bonds is 1. The fourth-order valence-electron chi connectivity index (χ4n) is 2.39. The molecule has 0 saturated carbocycles. The van der Waals surface area contributed by atoms with Crippen molar-refractivity contribution in [3.8, 4) is 11.3 Å². The summed E-state index contributed by atoms with van der Waals surface area (Å²) >= 11 is 0. The van der Waals surface area contributed by atoms with Crippen LogP contribution in [-0.4, -0.2) is 14.4 Å². The van der Waals surface area contributed by atoms with Crippen LogP contribution in [0.25, 0.3) is 27.8 Å². The Labute approximate surface area is 114 Å². The van der Waals surface area contributed by atoms with Gasteiger partial charge in [0.15, 0.2) is 0 Å². The number of nitrogens with zero attached hydrogens (tertiary/aromatic N) is 2. The molecule has 0 atom stereocenters. The molecule has 0 aliphatic heterocycles. The van der Waals surface area contributed by atoms with Gasteiger partial charge in [0, 0.05) is 29.5 Å². The molecule has 3 heterocycles. The second-order valence-electron chi connectivity index (χ2n) is 4.72. The normalized spacial score (nSPS) is 11.2. The molecule has 4 rings (SSSR count). The van der Waals surface area contributed by atoms with Gasteiger partial charge in [0.25, 0.3) is 0 Å². The Bertz CT molecular complexity index is 949. The Morgan fingerprint density at radius 3 is 2.90 bits per heavy atom. The zero-order valence-electron chi connectivity index (χ0n) is 10.6. The first kappa shape index (κ1) is 11.0. The van der Waals surface area contributed by atoms with E-state index in [0.29, 0.717) is 0 Å². The number of hydrogen-bond acceptors (Lipinski definition) is 2. The molecule has 96 valence electrons. The highest BCUT2D eigenvalue weighted by atomic mass is 16.1. The van der Waals surface area contributed by atoms with Gasteiger partial charge in [-0.3, -0.25) is 4.79 Å². The van der Waals surface area contributed by atoms with Crippen LogP contribution in [0, 0.1) is 0 Å². The number of hydrogen-bond donors (Lipinski definition) is 1. The van der Waals surface area contributed by atoms with Crippen molar-refractivity contribution in [1.29, 1.82) is 0 Å². The number of imidazole rings is 1. The number of nitrogens with one attached hydrogen (secondary N) is 1. The van der Waals surface area contributed by atoms with Crippen LogP contribution in [0.3, 0.4) is 0 Å². The third-order valence-electron chi connectivity index (χ3n) is 3.38. The first-order valence-electron chi connectivity index (χ1n) is 6.37. The largest absolute Gasteiger partial charge is 0.322 e. The maximum atomic E-state index is 11.3. The molecule has 1 aromatic carbocycles. The lowest BCUT2D eigenvalue weighted by atomic mass is 10.1. The van der Waals surface area contributed by atoms with Gasteiger partial charge >= 0.3 is 0 Å². The van der Waals surface area contributed by atoms with E-state index in [1.54, 1.807) is 0 Å². The van der Waals surface area contributed by atoms with Gasteiger partial charge in [0.1, 0.15) is 5.65 Å². The predicted molar refractivity (Wildman–Crippen MR) is 78.8 cm³/mol. The summed E-state index contributed by atoms with van der Waals surface area (Å²) in [5.74, 6) is 0. The topological polar surface area (TPSA) is 50.2 Å². The molecule has 0 fully saturated rings. The van der Waals surface area contributed by atoms with Crippen molar-refractivity contribution in [3.05, 3.63) is 71.3 Å². The molecule has 0 unspecified atom stereocenters. The lowest BCUT2D eigenvalue weighted by molar-refractivity contribution is 1.19. The molecule has 4 aromatic rings. The molecule has 0 amide bonds. The van der Waals surface area contributed by atoms with Crippen molar-refractivity contribution < 1.29 is 0 Å². The van der Waals surface area contributed by atoms with Crippen molar-refractivity contribution in [1.82, 2.24) is 14.4 Å². The summed E-state index contributed by atoms with van der Waals surface area (Å²) in [5, 5.41) is 0.999. The number of aromatic nitrogens is 3. The molecule has 0 aliphatic carbocycles. The summed E-state index contributed by atoms with van der Waals surface area (Å²) in [6.45, 7) is 0. The first-order chi connectivity index (χ1) is 9.79. The van der Waals surface area contributed by atoms with Crippen molar-refractivity contribution in [3.63, 3.8) is 0 Å². The van der Waals surface area contributed by atoms with Gasteiger partial charge in [-0.1, -0.05) is 12.1 Å². The number of aromatic amines is 1. The highest BCUT2D eigenvalue weighted by molar-refractivity contribution is 5.83.